The molecular weight excluding hydrogens is 476 g/mol. The third-order valence-corrected chi connectivity index (χ3v) is 6.03. The van der Waals surface area contributed by atoms with E-state index in [2.05, 4.69) is 47.0 Å². The summed E-state index contributed by atoms with van der Waals surface area (Å²) in [4.78, 5) is 16.8. The predicted octanol–water partition coefficient (Wildman–Crippen LogP) is 6.89. The highest BCUT2D eigenvalue weighted by Gasteiger charge is 2.11. The molecule has 1 heterocycles. The summed E-state index contributed by atoms with van der Waals surface area (Å²) in [5.74, 6) is 1.67. The quantitative estimate of drug-likeness (QED) is 0.306. The lowest BCUT2D eigenvalue weighted by Gasteiger charge is -2.11. The number of anilines is 1. The Kier molecular flexibility index (Phi) is 8.49. The first-order chi connectivity index (χ1) is 15.0. The summed E-state index contributed by atoms with van der Waals surface area (Å²) in [6, 6.07) is 13.7. The maximum atomic E-state index is 12.3. The Morgan fingerprint density at radius 3 is 2.61 bits per heavy atom. The Morgan fingerprint density at radius 1 is 1.16 bits per heavy atom. The van der Waals surface area contributed by atoms with Crippen LogP contribution in [0.3, 0.4) is 0 Å². The van der Waals surface area contributed by atoms with E-state index < -0.39 is 0 Å². The van der Waals surface area contributed by atoms with E-state index >= 15 is 0 Å². The van der Waals surface area contributed by atoms with Crippen molar-refractivity contribution >= 4 is 38.3 Å². The number of thiazole rings is 1. The van der Waals surface area contributed by atoms with Crippen LogP contribution in [-0.2, 0) is 4.79 Å². The molecule has 3 aromatic rings. The summed E-state index contributed by atoms with van der Waals surface area (Å²) >= 11 is 4.89. The van der Waals surface area contributed by atoms with Crippen molar-refractivity contribution in [2.45, 2.75) is 39.5 Å². The standard InChI is InChI=1S/C24H27BrN2O3S/c1-4-5-12-29-19-9-6-17(7-10-19)21-15-31-24(26-21)27-23(28)14-30-22-11-8-18(16(2)3)13-20(22)25/h6-11,13,15-16H,4-5,12,14H2,1-3H3,(H,26,27,28). The molecule has 1 N–H and O–H groups in total. The highest BCUT2D eigenvalue weighted by atomic mass is 79.9. The SMILES string of the molecule is CCCCOc1ccc(-c2csc(NC(=O)COc3ccc(C(C)C)cc3Br)n2)cc1. The minimum Gasteiger partial charge on any atom is -0.494 e. The second-order valence-electron chi connectivity index (χ2n) is 7.45. The normalized spacial score (nSPS) is 10.9. The number of ether oxygens (including phenoxy) is 2. The maximum Gasteiger partial charge on any atom is 0.264 e. The topological polar surface area (TPSA) is 60.5 Å². The average Bonchev–Trinajstić information content (AvgIpc) is 3.21. The first kappa shape index (κ1) is 23.3. The minimum atomic E-state index is -0.250. The summed E-state index contributed by atoms with van der Waals surface area (Å²) in [6.45, 7) is 7.04. The van der Waals surface area contributed by atoms with Crippen LogP contribution in [0.1, 0.15) is 45.1 Å². The number of aromatic nitrogens is 1. The summed E-state index contributed by atoms with van der Waals surface area (Å²) in [5.41, 5.74) is 3.00. The van der Waals surface area contributed by atoms with Gasteiger partial charge in [0.1, 0.15) is 11.5 Å². The lowest BCUT2D eigenvalue weighted by Crippen LogP contribution is -2.20. The Bertz CT molecular complexity index is 1000. The van der Waals surface area contributed by atoms with Crippen LogP contribution in [0.2, 0.25) is 0 Å². The van der Waals surface area contributed by atoms with Gasteiger partial charge in [0.25, 0.3) is 5.91 Å². The number of rotatable bonds is 10. The van der Waals surface area contributed by atoms with E-state index in [0.717, 1.165) is 40.9 Å². The second-order valence-corrected chi connectivity index (χ2v) is 9.16. The number of carbonyl (C=O) groups is 1. The number of nitrogens with zero attached hydrogens (tertiary/aromatic N) is 1. The van der Waals surface area contributed by atoms with Gasteiger partial charge in [0.2, 0.25) is 0 Å². The lowest BCUT2D eigenvalue weighted by atomic mass is 10.0. The van der Waals surface area contributed by atoms with Crippen molar-refractivity contribution < 1.29 is 14.3 Å². The van der Waals surface area contributed by atoms with Crippen molar-refractivity contribution in [1.82, 2.24) is 4.98 Å². The van der Waals surface area contributed by atoms with Gasteiger partial charge in [0.15, 0.2) is 11.7 Å². The number of carbonyl (C=O) groups excluding carboxylic acids is 1. The molecule has 31 heavy (non-hydrogen) atoms. The monoisotopic (exact) mass is 502 g/mol. The molecule has 0 aliphatic carbocycles. The number of nitrogens with one attached hydrogen (secondary N) is 1. The number of hydrogen-bond donors (Lipinski definition) is 1. The molecule has 0 unspecified atom stereocenters. The van der Waals surface area contributed by atoms with Gasteiger partial charge < -0.3 is 9.47 Å². The minimum absolute atomic E-state index is 0.0850. The largest absolute Gasteiger partial charge is 0.494 e. The molecule has 0 radical (unpaired) electrons. The molecule has 0 aliphatic heterocycles. The van der Waals surface area contributed by atoms with Crippen molar-refractivity contribution in [3.63, 3.8) is 0 Å². The van der Waals surface area contributed by atoms with E-state index in [1.165, 1.54) is 16.9 Å². The maximum absolute atomic E-state index is 12.3. The molecule has 1 aromatic heterocycles. The van der Waals surface area contributed by atoms with Gasteiger partial charge in [0.05, 0.1) is 16.8 Å². The van der Waals surface area contributed by atoms with Gasteiger partial charge in [-0.25, -0.2) is 4.98 Å². The molecule has 0 saturated carbocycles. The number of amides is 1. The van der Waals surface area contributed by atoms with E-state index in [-0.39, 0.29) is 12.5 Å². The average molecular weight is 503 g/mol. The molecular formula is C24H27BrN2O3S. The molecule has 164 valence electrons. The first-order valence-corrected chi connectivity index (χ1v) is 12.0. The van der Waals surface area contributed by atoms with E-state index in [0.29, 0.717) is 16.8 Å². The fraction of sp³-hybridized carbons (Fsp3) is 0.333. The highest BCUT2D eigenvalue weighted by Crippen LogP contribution is 2.29. The smallest absolute Gasteiger partial charge is 0.264 e. The Labute approximate surface area is 195 Å². The molecule has 5 nitrogen and oxygen atoms in total. The summed E-state index contributed by atoms with van der Waals surface area (Å²) in [7, 11) is 0. The number of unbranched alkanes of at least 4 members (excludes halogenated alkanes) is 1. The van der Waals surface area contributed by atoms with Crippen LogP contribution in [0.15, 0.2) is 52.3 Å². The highest BCUT2D eigenvalue weighted by molar-refractivity contribution is 9.10. The van der Waals surface area contributed by atoms with Gasteiger partial charge in [-0.3, -0.25) is 10.1 Å². The fourth-order valence-electron chi connectivity index (χ4n) is 2.81. The van der Waals surface area contributed by atoms with Gasteiger partial charge in [-0.2, -0.15) is 0 Å². The zero-order valence-corrected chi connectivity index (χ0v) is 20.4. The number of hydrogen-bond acceptors (Lipinski definition) is 5. The zero-order chi connectivity index (χ0) is 22.2. The molecule has 0 bridgehead atoms. The molecule has 0 aliphatic rings. The molecule has 0 atom stereocenters. The zero-order valence-electron chi connectivity index (χ0n) is 18.0. The molecule has 0 fully saturated rings. The second kappa shape index (κ2) is 11.3. The fourth-order valence-corrected chi connectivity index (χ4v) is 4.06. The van der Waals surface area contributed by atoms with Crippen LogP contribution < -0.4 is 14.8 Å². The molecule has 7 heteroatoms. The number of benzene rings is 2. The van der Waals surface area contributed by atoms with Crippen molar-refractivity contribution in [3.05, 3.63) is 57.9 Å². The summed E-state index contributed by atoms with van der Waals surface area (Å²) in [5, 5.41) is 5.26. The molecule has 3 rings (SSSR count). The predicted molar refractivity (Wildman–Crippen MR) is 130 cm³/mol. The first-order valence-electron chi connectivity index (χ1n) is 10.4. The van der Waals surface area contributed by atoms with Crippen LogP contribution >= 0.6 is 27.3 Å². The van der Waals surface area contributed by atoms with Gasteiger partial charge >= 0.3 is 0 Å². The van der Waals surface area contributed by atoms with E-state index in [9.17, 15) is 4.79 Å². The van der Waals surface area contributed by atoms with Crippen molar-refractivity contribution in [2.24, 2.45) is 0 Å². The Hall–Kier alpha value is -2.38. The Balaban J connectivity index is 1.53. The van der Waals surface area contributed by atoms with Gasteiger partial charge in [-0.1, -0.05) is 33.3 Å². The van der Waals surface area contributed by atoms with Crippen LogP contribution in [0.4, 0.5) is 5.13 Å². The summed E-state index contributed by atoms with van der Waals surface area (Å²) in [6.07, 6.45) is 2.15. The molecule has 2 aromatic carbocycles. The molecule has 0 spiro atoms. The van der Waals surface area contributed by atoms with Crippen molar-refractivity contribution in [1.29, 1.82) is 0 Å². The van der Waals surface area contributed by atoms with Crippen LogP contribution in [0.5, 0.6) is 11.5 Å². The van der Waals surface area contributed by atoms with Gasteiger partial charge in [-0.15, -0.1) is 11.3 Å². The van der Waals surface area contributed by atoms with Crippen LogP contribution in [-0.4, -0.2) is 24.1 Å². The molecule has 0 saturated heterocycles. The Morgan fingerprint density at radius 2 is 1.94 bits per heavy atom. The third kappa shape index (κ3) is 6.80. The van der Waals surface area contributed by atoms with Gasteiger partial charge in [-0.05, 0) is 70.2 Å². The van der Waals surface area contributed by atoms with Crippen LogP contribution in [0, 0.1) is 0 Å². The summed E-state index contributed by atoms with van der Waals surface area (Å²) < 4.78 is 12.2. The lowest BCUT2D eigenvalue weighted by molar-refractivity contribution is -0.118. The van der Waals surface area contributed by atoms with E-state index in [4.69, 9.17) is 9.47 Å². The van der Waals surface area contributed by atoms with Gasteiger partial charge in [0, 0.05) is 10.9 Å². The van der Waals surface area contributed by atoms with Crippen molar-refractivity contribution in [2.75, 3.05) is 18.5 Å². The van der Waals surface area contributed by atoms with Crippen LogP contribution in [0.25, 0.3) is 11.3 Å². The van der Waals surface area contributed by atoms with E-state index in [1.54, 1.807) is 0 Å². The molecule has 1 amide bonds. The van der Waals surface area contributed by atoms with E-state index in [1.807, 2.05) is 47.8 Å². The van der Waals surface area contributed by atoms with Crippen molar-refractivity contribution in [3.8, 4) is 22.8 Å². The number of halogens is 1. The third-order valence-electron chi connectivity index (χ3n) is 4.65.